The Morgan fingerprint density at radius 2 is 2.00 bits per heavy atom. The first-order valence-electron chi connectivity index (χ1n) is 3.65. The lowest BCUT2D eigenvalue weighted by Crippen LogP contribution is -2.51. The molecule has 0 bridgehead atoms. The van der Waals surface area contributed by atoms with Gasteiger partial charge in [-0.25, -0.2) is 0 Å². The number of aliphatic hydroxyl groups is 1. The van der Waals surface area contributed by atoms with E-state index in [1.807, 2.05) is 0 Å². The molecule has 1 unspecified atom stereocenters. The van der Waals surface area contributed by atoms with E-state index in [0.29, 0.717) is 0 Å². The molecule has 0 amide bonds. The van der Waals surface area contributed by atoms with E-state index in [4.69, 9.17) is 9.47 Å². The largest absolute Gasteiger partial charge is 0.493 e. The second-order valence-electron chi connectivity index (χ2n) is 2.48. The highest BCUT2D eigenvalue weighted by molar-refractivity contribution is 6.12. The number of Topliss-reactive ketones (excluding diaryl/α,β-unsaturated/α-hetero) is 1. The SMILES string of the molecule is CC#CC1(O)C(=O)C(OC)=C1OC. The van der Waals surface area contributed by atoms with Crippen molar-refractivity contribution in [3.05, 3.63) is 11.5 Å². The maximum Gasteiger partial charge on any atom is 0.254 e. The van der Waals surface area contributed by atoms with Crippen molar-refractivity contribution in [2.75, 3.05) is 14.2 Å². The fourth-order valence-corrected chi connectivity index (χ4v) is 1.19. The van der Waals surface area contributed by atoms with Crippen LogP contribution in [-0.4, -0.2) is 30.7 Å². The monoisotopic (exact) mass is 182 g/mol. The fraction of sp³-hybridized carbons (Fsp3) is 0.444. The number of rotatable bonds is 2. The third-order valence-corrected chi connectivity index (χ3v) is 1.78. The highest BCUT2D eigenvalue weighted by Crippen LogP contribution is 2.35. The standard InChI is InChI=1S/C9H10O4/c1-4-5-9(11)7(10)6(12-2)8(9)13-3/h11H,1-3H3. The summed E-state index contributed by atoms with van der Waals surface area (Å²) >= 11 is 0. The molecule has 0 heterocycles. The van der Waals surface area contributed by atoms with Crippen molar-refractivity contribution in [2.24, 2.45) is 0 Å². The lowest BCUT2D eigenvalue weighted by molar-refractivity contribution is -0.138. The van der Waals surface area contributed by atoms with E-state index in [1.165, 1.54) is 21.1 Å². The first-order valence-corrected chi connectivity index (χ1v) is 3.65. The van der Waals surface area contributed by atoms with Gasteiger partial charge in [0, 0.05) is 0 Å². The number of carbonyl (C=O) groups is 1. The molecule has 0 aromatic rings. The first-order chi connectivity index (χ1) is 6.11. The molecule has 1 atom stereocenters. The summed E-state index contributed by atoms with van der Waals surface area (Å²) in [7, 11) is 2.69. The van der Waals surface area contributed by atoms with E-state index in [0.717, 1.165) is 0 Å². The maximum absolute atomic E-state index is 11.3. The molecule has 0 fully saturated rings. The van der Waals surface area contributed by atoms with Gasteiger partial charge in [-0.1, -0.05) is 5.92 Å². The lowest BCUT2D eigenvalue weighted by atomic mass is 9.83. The van der Waals surface area contributed by atoms with E-state index in [2.05, 4.69) is 11.8 Å². The van der Waals surface area contributed by atoms with Gasteiger partial charge in [-0.05, 0) is 6.92 Å². The summed E-state index contributed by atoms with van der Waals surface area (Å²) in [5, 5.41) is 9.65. The Labute approximate surface area is 76.1 Å². The number of methoxy groups -OCH3 is 2. The van der Waals surface area contributed by atoms with Crippen molar-refractivity contribution in [1.82, 2.24) is 0 Å². The van der Waals surface area contributed by atoms with Crippen LogP contribution in [0.1, 0.15) is 6.92 Å². The van der Waals surface area contributed by atoms with Crippen LogP contribution in [0.5, 0.6) is 0 Å². The van der Waals surface area contributed by atoms with Crippen molar-refractivity contribution in [3.8, 4) is 11.8 Å². The van der Waals surface area contributed by atoms with Gasteiger partial charge in [-0.2, -0.15) is 0 Å². The zero-order chi connectivity index (χ0) is 10.1. The molecule has 1 aliphatic carbocycles. The summed E-state index contributed by atoms with van der Waals surface area (Å²) in [6, 6.07) is 0. The minimum atomic E-state index is -1.80. The van der Waals surface area contributed by atoms with E-state index in [1.54, 1.807) is 0 Å². The van der Waals surface area contributed by atoms with Crippen molar-refractivity contribution < 1.29 is 19.4 Å². The minimum Gasteiger partial charge on any atom is -0.493 e. The lowest BCUT2D eigenvalue weighted by Gasteiger charge is -2.32. The molecule has 0 saturated heterocycles. The van der Waals surface area contributed by atoms with Crippen LogP contribution in [0.3, 0.4) is 0 Å². The van der Waals surface area contributed by atoms with Gasteiger partial charge in [-0.15, -0.1) is 5.92 Å². The van der Waals surface area contributed by atoms with E-state index in [-0.39, 0.29) is 11.5 Å². The van der Waals surface area contributed by atoms with Gasteiger partial charge in [0.05, 0.1) is 14.2 Å². The third kappa shape index (κ3) is 1.09. The van der Waals surface area contributed by atoms with E-state index < -0.39 is 11.4 Å². The summed E-state index contributed by atoms with van der Waals surface area (Å²) < 4.78 is 9.53. The van der Waals surface area contributed by atoms with Gasteiger partial charge in [0.2, 0.25) is 5.76 Å². The number of hydrogen-bond acceptors (Lipinski definition) is 4. The smallest absolute Gasteiger partial charge is 0.254 e. The zero-order valence-corrected chi connectivity index (χ0v) is 7.67. The molecule has 0 radical (unpaired) electrons. The first kappa shape index (κ1) is 9.62. The second-order valence-corrected chi connectivity index (χ2v) is 2.48. The highest BCUT2D eigenvalue weighted by Gasteiger charge is 2.55. The van der Waals surface area contributed by atoms with Crippen LogP contribution in [0, 0.1) is 11.8 Å². The van der Waals surface area contributed by atoms with E-state index in [9.17, 15) is 9.90 Å². The van der Waals surface area contributed by atoms with Gasteiger partial charge in [0.25, 0.3) is 11.4 Å². The molecular weight excluding hydrogens is 172 g/mol. The maximum atomic E-state index is 11.3. The molecular formula is C9H10O4. The van der Waals surface area contributed by atoms with Crippen LogP contribution in [0.25, 0.3) is 0 Å². The van der Waals surface area contributed by atoms with Crippen LogP contribution in [0.2, 0.25) is 0 Å². The van der Waals surface area contributed by atoms with Gasteiger partial charge >= 0.3 is 0 Å². The van der Waals surface area contributed by atoms with Crippen LogP contribution in [-0.2, 0) is 14.3 Å². The average Bonchev–Trinajstić information content (AvgIpc) is 2.13. The third-order valence-electron chi connectivity index (χ3n) is 1.78. The molecule has 0 saturated carbocycles. The van der Waals surface area contributed by atoms with Gasteiger partial charge < -0.3 is 14.6 Å². The summed E-state index contributed by atoms with van der Waals surface area (Å²) in [5.74, 6) is 4.38. The fourth-order valence-electron chi connectivity index (χ4n) is 1.19. The van der Waals surface area contributed by atoms with Crippen molar-refractivity contribution in [1.29, 1.82) is 0 Å². The second kappa shape index (κ2) is 3.11. The Kier molecular flexibility index (Phi) is 2.30. The highest BCUT2D eigenvalue weighted by atomic mass is 16.5. The Hall–Kier alpha value is -1.47. The van der Waals surface area contributed by atoms with Gasteiger partial charge in [-0.3, -0.25) is 4.79 Å². The van der Waals surface area contributed by atoms with Crippen molar-refractivity contribution in [2.45, 2.75) is 12.5 Å². The Balaban J connectivity index is 3.13. The molecule has 70 valence electrons. The molecule has 0 aromatic heterocycles. The van der Waals surface area contributed by atoms with Crippen LogP contribution >= 0.6 is 0 Å². The Morgan fingerprint density at radius 1 is 1.38 bits per heavy atom. The summed E-state index contributed by atoms with van der Waals surface area (Å²) in [6.45, 7) is 1.53. The minimum absolute atomic E-state index is 0.0350. The number of hydrogen-bond donors (Lipinski definition) is 1. The molecule has 1 N–H and O–H groups in total. The molecule has 0 aliphatic heterocycles. The van der Waals surface area contributed by atoms with Crippen molar-refractivity contribution >= 4 is 5.78 Å². The quantitative estimate of drug-likeness (QED) is 0.602. The van der Waals surface area contributed by atoms with Crippen LogP contribution in [0.4, 0.5) is 0 Å². The van der Waals surface area contributed by atoms with E-state index >= 15 is 0 Å². The average molecular weight is 182 g/mol. The summed E-state index contributed by atoms with van der Waals surface area (Å²) in [5.41, 5.74) is -1.80. The molecule has 4 heteroatoms. The number of carbonyl (C=O) groups excluding carboxylic acids is 1. The van der Waals surface area contributed by atoms with Gasteiger partial charge in [0.1, 0.15) is 0 Å². The zero-order valence-electron chi connectivity index (χ0n) is 7.67. The predicted octanol–water partition coefficient (Wildman–Crippen LogP) is -0.172. The molecule has 0 aromatic carbocycles. The van der Waals surface area contributed by atoms with Crippen molar-refractivity contribution in [3.63, 3.8) is 0 Å². The normalized spacial score (nSPS) is 26.0. The number of ether oxygens (including phenoxy) is 2. The van der Waals surface area contributed by atoms with Gasteiger partial charge in [0.15, 0.2) is 5.76 Å². The molecule has 13 heavy (non-hydrogen) atoms. The molecule has 1 rings (SSSR count). The predicted molar refractivity (Wildman–Crippen MR) is 44.5 cm³/mol. The summed E-state index contributed by atoms with van der Waals surface area (Å²) in [4.78, 5) is 11.3. The Bertz CT molecular complexity index is 331. The summed E-state index contributed by atoms with van der Waals surface area (Å²) in [6.07, 6.45) is 0. The Morgan fingerprint density at radius 3 is 2.38 bits per heavy atom. The molecule has 0 spiro atoms. The molecule has 4 nitrogen and oxygen atoms in total. The molecule has 1 aliphatic rings. The van der Waals surface area contributed by atoms with Crippen LogP contribution < -0.4 is 0 Å². The number of ketones is 1. The topological polar surface area (TPSA) is 55.8 Å². The van der Waals surface area contributed by atoms with Crippen LogP contribution in [0.15, 0.2) is 11.5 Å².